The number of nitrogens with one attached hydrogen (secondary N) is 1. The maximum absolute atomic E-state index is 11.2. The zero-order valence-electron chi connectivity index (χ0n) is 10.7. The Balaban J connectivity index is 2.48. The minimum Gasteiger partial charge on any atom is -0.397 e. The summed E-state index contributed by atoms with van der Waals surface area (Å²) in [7, 11) is 0. The lowest BCUT2D eigenvalue weighted by molar-refractivity contribution is 0.100. The second-order valence-corrected chi connectivity index (χ2v) is 4.03. The summed E-state index contributed by atoms with van der Waals surface area (Å²) in [6.07, 6.45) is 1.87. The molecule has 0 unspecified atom stereocenters. The molecule has 1 rings (SSSR count). The molecule has 0 aliphatic rings. The van der Waals surface area contributed by atoms with Gasteiger partial charge < -0.3 is 21.5 Å². The van der Waals surface area contributed by atoms with Crippen molar-refractivity contribution in [2.24, 2.45) is 5.73 Å². The fraction of sp³-hybridized carbons (Fsp3) is 0.462. The summed E-state index contributed by atoms with van der Waals surface area (Å²) < 4.78 is 5.37. The van der Waals surface area contributed by atoms with Crippen molar-refractivity contribution in [3.05, 3.63) is 23.8 Å². The smallest absolute Gasteiger partial charge is 0.250 e. The number of amides is 1. The predicted octanol–water partition coefficient (Wildman–Crippen LogP) is 1.60. The first-order valence-electron chi connectivity index (χ1n) is 6.16. The lowest BCUT2D eigenvalue weighted by Crippen LogP contribution is -2.16. The molecule has 0 heterocycles. The SMILES string of the molecule is CCCOCCCNc1c(N)cccc1C(N)=O. The van der Waals surface area contributed by atoms with Crippen molar-refractivity contribution in [3.63, 3.8) is 0 Å². The molecule has 0 saturated heterocycles. The number of carbonyl (C=O) groups is 1. The molecular formula is C13H21N3O2. The second-order valence-electron chi connectivity index (χ2n) is 4.03. The lowest BCUT2D eigenvalue weighted by Gasteiger charge is -2.12. The summed E-state index contributed by atoms with van der Waals surface area (Å²) in [6.45, 7) is 4.24. The van der Waals surface area contributed by atoms with Gasteiger partial charge in [0.05, 0.1) is 16.9 Å². The molecule has 0 saturated carbocycles. The Morgan fingerprint density at radius 3 is 2.83 bits per heavy atom. The zero-order valence-corrected chi connectivity index (χ0v) is 10.7. The van der Waals surface area contributed by atoms with Gasteiger partial charge in [0.25, 0.3) is 5.91 Å². The number of anilines is 2. The van der Waals surface area contributed by atoms with Crippen molar-refractivity contribution < 1.29 is 9.53 Å². The third-order valence-corrected chi connectivity index (χ3v) is 2.48. The van der Waals surface area contributed by atoms with Gasteiger partial charge in [-0.3, -0.25) is 4.79 Å². The Morgan fingerprint density at radius 2 is 2.17 bits per heavy atom. The Morgan fingerprint density at radius 1 is 1.39 bits per heavy atom. The number of para-hydroxylation sites is 1. The van der Waals surface area contributed by atoms with E-state index in [0.717, 1.165) is 19.4 Å². The Kier molecular flexibility index (Phi) is 6.00. The number of nitrogens with two attached hydrogens (primary N) is 2. The van der Waals surface area contributed by atoms with E-state index in [1.165, 1.54) is 0 Å². The number of rotatable bonds is 8. The van der Waals surface area contributed by atoms with Crippen LogP contribution in [0.3, 0.4) is 0 Å². The van der Waals surface area contributed by atoms with Gasteiger partial charge in [0.15, 0.2) is 0 Å². The van der Waals surface area contributed by atoms with E-state index in [4.69, 9.17) is 16.2 Å². The minimum atomic E-state index is -0.480. The predicted molar refractivity (Wildman–Crippen MR) is 73.6 cm³/mol. The summed E-state index contributed by atoms with van der Waals surface area (Å²) in [5.74, 6) is -0.480. The molecule has 1 aromatic rings. The second kappa shape index (κ2) is 7.55. The van der Waals surface area contributed by atoms with Crippen LogP contribution in [0.2, 0.25) is 0 Å². The molecule has 0 aliphatic heterocycles. The van der Waals surface area contributed by atoms with Crippen LogP contribution in [0.4, 0.5) is 11.4 Å². The third-order valence-electron chi connectivity index (χ3n) is 2.48. The molecule has 0 aliphatic carbocycles. The van der Waals surface area contributed by atoms with Crippen molar-refractivity contribution in [2.45, 2.75) is 19.8 Å². The van der Waals surface area contributed by atoms with Crippen LogP contribution in [0.1, 0.15) is 30.1 Å². The molecule has 1 amide bonds. The van der Waals surface area contributed by atoms with E-state index < -0.39 is 5.91 Å². The Hall–Kier alpha value is -1.75. The summed E-state index contributed by atoms with van der Waals surface area (Å²) in [5.41, 5.74) is 12.7. The maximum Gasteiger partial charge on any atom is 0.250 e. The first kappa shape index (κ1) is 14.3. The number of benzene rings is 1. The molecule has 18 heavy (non-hydrogen) atoms. The van der Waals surface area contributed by atoms with Crippen molar-refractivity contribution in [1.82, 2.24) is 0 Å². The van der Waals surface area contributed by atoms with Crippen molar-refractivity contribution in [2.75, 3.05) is 30.8 Å². The molecule has 0 atom stereocenters. The molecular weight excluding hydrogens is 230 g/mol. The number of hydrogen-bond acceptors (Lipinski definition) is 4. The zero-order chi connectivity index (χ0) is 13.4. The van der Waals surface area contributed by atoms with Crippen molar-refractivity contribution in [1.29, 1.82) is 0 Å². The van der Waals surface area contributed by atoms with Crippen LogP contribution < -0.4 is 16.8 Å². The lowest BCUT2D eigenvalue weighted by atomic mass is 10.1. The summed E-state index contributed by atoms with van der Waals surface area (Å²) >= 11 is 0. The highest BCUT2D eigenvalue weighted by molar-refractivity contribution is 6.01. The van der Waals surface area contributed by atoms with E-state index in [-0.39, 0.29) is 0 Å². The third kappa shape index (κ3) is 4.25. The van der Waals surface area contributed by atoms with E-state index >= 15 is 0 Å². The van der Waals surface area contributed by atoms with E-state index in [9.17, 15) is 4.79 Å². The van der Waals surface area contributed by atoms with Crippen LogP contribution in [0, 0.1) is 0 Å². The minimum absolute atomic E-state index is 0.421. The molecule has 0 bridgehead atoms. The topological polar surface area (TPSA) is 90.4 Å². The van der Waals surface area contributed by atoms with Gasteiger partial charge in [-0.1, -0.05) is 13.0 Å². The fourth-order valence-electron chi connectivity index (χ4n) is 1.61. The van der Waals surface area contributed by atoms with Gasteiger partial charge in [0, 0.05) is 19.8 Å². The highest BCUT2D eigenvalue weighted by Crippen LogP contribution is 2.22. The number of hydrogen-bond donors (Lipinski definition) is 3. The molecule has 0 radical (unpaired) electrons. The van der Waals surface area contributed by atoms with Gasteiger partial charge in [-0.15, -0.1) is 0 Å². The van der Waals surface area contributed by atoms with Crippen LogP contribution in [0.5, 0.6) is 0 Å². The molecule has 100 valence electrons. The van der Waals surface area contributed by atoms with E-state index in [1.54, 1.807) is 18.2 Å². The normalized spacial score (nSPS) is 10.3. The van der Waals surface area contributed by atoms with Crippen LogP contribution in [-0.2, 0) is 4.74 Å². The average Bonchev–Trinajstić information content (AvgIpc) is 2.34. The number of primary amides is 1. The summed E-state index contributed by atoms with van der Waals surface area (Å²) in [6, 6.07) is 5.11. The Labute approximate surface area is 107 Å². The highest BCUT2D eigenvalue weighted by Gasteiger charge is 2.09. The molecule has 5 nitrogen and oxygen atoms in total. The largest absolute Gasteiger partial charge is 0.397 e. The number of nitrogen functional groups attached to an aromatic ring is 1. The monoisotopic (exact) mass is 251 g/mol. The van der Waals surface area contributed by atoms with Gasteiger partial charge >= 0.3 is 0 Å². The van der Waals surface area contributed by atoms with Crippen LogP contribution in [0.25, 0.3) is 0 Å². The van der Waals surface area contributed by atoms with E-state index in [2.05, 4.69) is 12.2 Å². The summed E-state index contributed by atoms with van der Waals surface area (Å²) in [5, 5.41) is 3.13. The first-order valence-corrected chi connectivity index (χ1v) is 6.16. The van der Waals surface area contributed by atoms with Crippen molar-refractivity contribution >= 4 is 17.3 Å². The van der Waals surface area contributed by atoms with Gasteiger partial charge in [0.2, 0.25) is 0 Å². The number of carbonyl (C=O) groups excluding carboxylic acids is 1. The van der Waals surface area contributed by atoms with Gasteiger partial charge in [-0.2, -0.15) is 0 Å². The van der Waals surface area contributed by atoms with Crippen LogP contribution in [-0.4, -0.2) is 25.7 Å². The average molecular weight is 251 g/mol. The van der Waals surface area contributed by atoms with Crippen LogP contribution in [0.15, 0.2) is 18.2 Å². The molecule has 5 heteroatoms. The quantitative estimate of drug-likeness (QED) is 0.483. The van der Waals surface area contributed by atoms with Crippen molar-refractivity contribution in [3.8, 4) is 0 Å². The fourth-order valence-corrected chi connectivity index (χ4v) is 1.61. The van der Waals surface area contributed by atoms with Gasteiger partial charge in [-0.05, 0) is 25.0 Å². The Bertz CT molecular complexity index is 394. The van der Waals surface area contributed by atoms with E-state index in [0.29, 0.717) is 30.1 Å². The van der Waals surface area contributed by atoms with E-state index in [1.807, 2.05) is 0 Å². The maximum atomic E-state index is 11.2. The van der Waals surface area contributed by atoms with Gasteiger partial charge in [0.1, 0.15) is 0 Å². The standard InChI is InChI=1S/C13H21N3O2/c1-2-8-18-9-4-7-16-12-10(13(15)17)5-3-6-11(12)14/h3,5-6,16H,2,4,7-9,14H2,1H3,(H2,15,17). The first-order chi connectivity index (χ1) is 8.66. The number of ether oxygens (including phenoxy) is 1. The molecule has 0 fully saturated rings. The highest BCUT2D eigenvalue weighted by atomic mass is 16.5. The molecule has 5 N–H and O–H groups in total. The van der Waals surface area contributed by atoms with Gasteiger partial charge in [-0.25, -0.2) is 0 Å². The summed E-state index contributed by atoms with van der Waals surface area (Å²) in [4.78, 5) is 11.2. The molecule has 1 aromatic carbocycles. The molecule has 0 aromatic heterocycles. The molecule has 0 spiro atoms. The van der Waals surface area contributed by atoms with Crippen LogP contribution >= 0.6 is 0 Å².